The zero-order valence-electron chi connectivity index (χ0n) is 20.3. The number of nitrogens with one attached hydrogen (secondary N) is 2. The highest BCUT2D eigenvalue weighted by atomic mass is 32.2. The van der Waals surface area contributed by atoms with E-state index in [0.29, 0.717) is 24.8 Å². The Hall–Kier alpha value is -3.46. The third-order valence-electron chi connectivity index (χ3n) is 5.90. The van der Waals surface area contributed by atoms with E-state index in [2.05, 4.69) is 33.9 Å². The van der Waals surface area contributed by atoms with Crippen LogP contribution >= 0.6 is 0 Å². The molecule has 8 nitrogen and oxygen atoms in total. The Kier molecular flexibility index (Phi) is 7.07. The first-order chi connectivity index (χ1) is 16.6. The van der Waals surface area contributed by atoms with Gasteiger partial charge in [-0.2, -0.15) is 4.98 Å². The van der Waals surface area contributed by atoms with Gasteiger partial charge in [0.05, 0.1) is 17.2 Å². The third-order valence-corrected chi connectivity index (χ3v) is 7.22. The highest BCUT2D eigenvalue weighted by Gasteiger charge is 2.22. The fraction of sp³-hybridized carbons (Fsp3) is 0.346. The van der Waals surface area contributed by atoms with Crippen LogP contribution < -0.4 is 14.8 Å². The first kappa shape index (κ1) is 24.7. The van der Waals surface area contributed by atoms with Crippen molar-refractivity contribution in [1.82, 2.24) is 15.3 Å². The number of anilines is 1. The van der Waals surface area contributed by atoms with Crippen LogP contribution in [0.15, 0.2) is 53.4 Å². The van der Waals surface area contributed by atoms with Crippen molar-refractivity contribution in [2.75, 3.05) is 17.9 Å². The number of benzene rings is 2. The van der Waals surface area contributed by atoms with Crippen molar-refractivity contribution in [3.8, 4) is 17.1 Å². The van der Waals surface area contributed by atoms with Crippen LogP contribution in [0, 0.1) is 25.7 Å². The predicted molar refractivity (Wildman–Crippen MR) is 135 cm³/mol. The minimum Gasteiger partial charge on any atom is -0.477 e. The van der Waals surface area contributed by atoms with E-state index in [1.54, 1.807) is 18.2 Å². The number of amides is 1. The molecule has 35 heavy (non-hydrogen) atoms. The van der Waals surface area contributed by atoms with Crippen molar-refractivity contribution in [1.29, 1.82) is 0 Å². The molecule has 0 aliphatic carbocycles. The highest BCUT2D eigenvalue weighted by Crippen LogP contribution is 2.30. The summed E-state index contributed by atoms with van der Waals surface area (Å²) in [5, 5.41) is 2.92. The minimum atomic E-state index is -4.05. The molecule has 0 spiro atoms. The summed E-state index contributed by atoms with van der Waals surface area (Å²) in [5.74, 6) is 0.290. The number of aromatic nitrogens is 2. The summed E-state index contributed by atoms with van der Waals surface area (Å²) in [5.41, 5.74) is 3.74. The molecule has 4 rings (SSSR count). The molecule has 2 N–H and O–H groups in total. The van der Waals surface area contributed by atoms with Crippen LogP contribution in [0.25, 0.3) is 11.3 Å². The molecule has 1 aliphatic rings. The molecule has 0 radical (unpaired) electrons. The van der Waals surface area contributed by atoms with E-state index < -0.39 is 10.0 Å². The summed E-state index contributed by atoms with van der Waals surface area (Å²) in [6.45, 7) is 8.91. The van der Waals surface area contributed by atoms with Gasteiger partial charge in [-0.25, -0.2) is 18.1 Å². The Morgan fingerprint density at radius 3 is 2.49 bits per heavy atom. The maximum atomic E-state index is 13.1. The Labute approximate surface area is 206 Å². The standard InChI is InChI=1S/C26H30N4O4S/c1-16(2)11-19-14-27-25(31)20-9-6-10-21(12-20)35(32,33)30-26-28-22(13-23(29-26)34-15-19)24-17(3)7-5-8-18(24)4/h5-10,12-13,16,19H,11,14-15H2,1-4H3,(H,27,31)(H,28,29,30)/t19-/m1/s1. The zero-order chi connectivity index (χ0) is 25.2. The Morgan fingerprint density at radius 1 is 1.06 bits per heavy atom. The van der Waals surface area contributed by atoms with E-state index in [-0.39, 0.29) is 34.1 Å². The van der Waals surface area contributed by atoms with Crippen molar-refractivity contribution >= 4 is 21.9 Å². The van der Waals surface area contributed by atoms with Gasteiger partial charge in [0, 0.05) is 29.7 Å². The lowest BCUT2D eigenvalue weighted by molar-refractivity contribution is 0.0937. The fourth-order valence-electron chi connectivity index (χ4n) is 4.29. The maximum absolute atomic E-state index is 13.1. The van der Waals surface area contributed by atoms with Gasteiger partial charge in [-0.15, -0.1) is 0 Å². The molecule has 0 saturated heterocycles. The summed E-state index contributed by atoms with van der Waals surface area (Å²) in [4.78, 5) is 21.6. The van der Waals surface area contributed by atoms with Gasteiger partial charge in [-0.1, -0.05) is 38.1 Å². The molecule has 2 aromatic carbocycles. The smallest absolute Gasteiger partial charge is 0.264 e. The van der Waals surface area contributed by atoms with Gasteiger partial charge < -0.3 is 10.1 Å². The number of ether oxygens (including phenoxy) is 1. The third kappa shape index (κ3) is 5.79. The second kappa shape index (κ2) is 10.0. The first-order valence-corrected chi connectivity index (χ1v) is 13.1. The van der Waals surface area contributed by atoms with E-state index in [4.69, 9.17) is 4.74 Å². The fourth-order valence-corrected chi connectivity index (χ4v) is 5.28. The average Bonchev–Trinajstić information content (AvgIpc) is 2.79. The summed E-state index contributed by atoms with van der Waals surface area (Å²) in [6.07, 6.45) is 0.842. The number of rotatable bonds is 3. The quantitative estimate of drug-likeness (QED) is 0.560. The van der Waals surface area contributed by atoms with Crippen LogP contribution in [0.1, 0.15) is 41.8 Å². The van der Waals surface area contributed by atoms with Crippen LogP contribution in [0.3, 0.4) is 0 Å². The lowest BCUT2D eigenvalue weighted by atomic mass is 9.97. The number of hydrogen-bond donors (Lipinski definition) is 2. The van der Waals surface area contributed by atoms with Gasteiger partial charge in [0.2, 0.25) is 11.8 Å². The van der Waals surface area contributed by atoms with Crippen LogP contribution in [0.2, 0.25) is 0 Å². The molecule has 2 heterocycles. The monoisotopic (exact) mass is 494 g/mol. The molecule has 1 amide bonds. The molecule has 0 unspecified atom stereocenters. The van der Waals surface area contributed by atoms with Crippen molar-refractivity contribution in [3.63, 3.8) is 0 Å². The molecular formula is C26H30N4O4S. The van der Waals surface area contributed by atoms with Gasteiger partial charge in [0.1, 0.15) is 0 Å². The van der Waals surface area contributed by atoms with Crippen molar-refractivity contribution < 1.29 is 17.9 Å². The lowest BCUT2D eigenvalue weighted by Gasteiger charge is -2.21. The number of carbonyl (C=O) groups is 1. The molecule has 9 heteroatoms. The van der Waals surface area contributed by atoms with Crippen LogP contribution in [-0.2, 0) is 10.0 Å². The van der Waals surface area contributed by atoms with Gasteiger partial charge in [0.25, 0.3) is 15.9 Å². The molecule has 4 bridgehead atoms. The lowest BCUT2D eigenvalue weighted by Crippen LogP contribution is -2.33. The number of aryl methyl sites for hydroxylation is 2. The SMILES string of the molecule is Cc1cccc(C)c1-c1cc2nc(n1)NS(=O)(=O)c1cccc(c1)C(=O)NC[C@@H](CC(C)C)CO2. The Morgan fingerprint density at radius 2 is 1.77 bits per heavy atom. The van der Waals surface area contributed by atoms with Crippen LogP contribution in [-0.4, -0.2) is 37.4 Å². The minimum absolute atomic E-state index is 0.0452. The summed E-state index contributed by atoms with van der Waals surface area (Å²) < 4.78 is 34.8. The molecule has 0 saturated carbocycles. The second-order valence-electron chi connectivity index (χ2n) is 9.33. The number of nitrogens with zero attached hydrogens (tertiary/aromatic N) is 2. The zero-order valence-corrected chi connectivity index (χ0v) is 21.1. The van der Waals surface area contributed by atoms with E-state index >= 15 is 0 Å². The van der Waals surface area contributed by atoms with Crippen LogP contribution in [0.4, 0.5) is 5.95 Å². The normalized spacial score (nSPS) is 17.6. The molecule has 184 valence electrons. The number of carbonyl (C=O) groups excluding carboxylic acids is 1. The molecule has 0 fully saturated rings. The predicted octanol–water partition coefficient (Wildman–Crippen LogP) is 4.35. The largest absolute Gasteiger partial charge is 0.477 e. The van der Waals surface area contributed by atoms with E-state index in [1.807, 2.05) is 32.0 Å². The number of fused-ring (bicyclic) bond motifs is 4. The van der Waals surface area contributed by atoms with Gasteiger partial charge >= 0.3 is 0 Å². The molecule has 1 aromatic heterocycles. The van der Waals surface area contributed by atoms with Crippen molar-refractivity contribution in [2.45, 2.75) is 39.0 Å². The van der Waals surface area contributed by atoms with Gasteiger partial charge in [0.15, 0.2) is 0 Å². The first-order valence-electron chi connectivity index (χ1n) is 11.6. The Bertz CT molecular complexity index is 1330. The second-order valence-corrected chi connectivity index (χ2v) is 11.0. The summed E-state index contributed by atoms with van der Waals surface area (Å²) >= 11 is 0. The van der Waals surface area contributed by atoms with Gasteiger partial charge in [-0.05, 0) is 55.5 Å². The summed E-state index contributed by atoms with van der Waals surface area (Å²) in [7, 11) is -4.05. The molecule has 1 atom stereocenters. The van der Waals surface area contributed by atoms with Gasteiger partial charge in [-0.3, -0.25) is 4.79 Å². The van der Waals surface area contributed by atoms with Crippen LogP contribution in [0.5, 0.6) is 5.88 Å². The maximum Gasteiger partial charge on any atom is 0.264 e. The molecule has 3 aromatic rings. The van der Waals surface area contributed by atoms with E-state index in [0.717, 1.165) is 23.1 Å². The van der Waals surface area contributed by atoms with E-state index in [9.17, 15) is 13.2 Å². The molecule has 1 aliphatic heterocycles. The average molecular weight is 495 g/mol. The summed E-state index contributed by atoms with van der Waals surface area (Å²) in [6, 6.07) is 13.6. The highest BCUT2D eigenvalue weighted by molar-refractivity contribution is 7.92. The van der Waals surface area contributed by atoms with Crippen molar-refractivity contribution in [2.24, 2.45) is 11.8 Å². The Balaban J connectivity index is 1.83. The van der Waals surface area contributed by atoms with Crippen molar-refractivity contribution in [3.05, 3.63) is 65.2 Å². The van der Waals surface area contributed by atoms with E-state index in [1.165, 1.54) is 12.1 Å². The molecular weight excluding hydrogens is 464 g/mol. The number of sulfonamides is 1. The topological polar surface area (TPSA) is 110 Å². The number of hydrogen-bond acceptors (Lipinski definition) is 6.